The van der Waals surface area contributed by atoms with E-state index in [1.54, 1.807) is 12.1 Å². The first kappa shape index (κ1) is 16.1. The molecule has 5 nitrogen and oxygen atoms in total. The number of carbonyl (C=O) groups is 2. The maximum Gasteiger partial charge on any atom is 0.231 e. The first-order chi connectivity index (χ1) is 11.5. The smallest absolute Gasteiger partial charge is 0.231 e. The summed E-state index contributed by atoms with van der Waals surface area (Å²) in [5, 5.41) is 2.88. The van der Waals surface area contributed by atoms with Gasteiger partial charge in [0.25, 0.3) is 0 Å². The molecule has 1 aliphatic rings. The molecule has 0 bridgehead atoms. The summed E-state index contributed by atoms with van der Waals surface area (Å²) in [5.74, 6) is 1.35. The molecule has 0 fully saturated rings. The molecule has 2 aromatic rings. The number of amides is 1. The number of carbonyl (C=O) groups excluding carboxylic acids is 2. The molecular weight excluding hydrogens is 306 g/mol. The van der Waals surface area contributed by atoms with Crippen molar-refractivity contribution < 1.29 is 19.1 Å². The lowest BCUT2D eigenvalue weighted by Gasteiger charge is -2.10. The highest BCUT2D eigenvalue weighted by atomic mass is 16.7. The Balaban J connectivity index is 1.62. The molecule has 0 atom stereocenters. The standard InChI is InChI=1S/C19H19NO4/c1-12-3-6-15(13(2)21)10-16(12)20-19(22)8-5-14-4-7-17-18(9-14)24-11-23-17/h3-4,6-7,9-10H,5,8,11H2,1-2H3,(H,20,22). The number of anilines is 1. The zero-order valence-electron chi connectivity index (χ0n) is 13.7. The minimum absolute atomic E-state index is 0.0224. The molecule has 1 aliphatic heterocycles. The normalized spacial score (nSPS) is 12.1. The van der Waals surface area contributed by atoms with Gasteiger partial charge in [0.15, 0.2) is 17.3 Å². The lowest BCUT2D eigenvalue weighted by Crippen LogP contribution is -2.13. The molecule has 1 N–H and O–H groups in total. The maximum absolute atomic E-state index is 12.2. The van der Waals surface area contributed by atoms with Crippen molar-refractivity contribution in [2.24, 2.45) is 0 Å². The summed E-state index contributed by atoms with van der Waals surface area (Å²) in [6.07, 6.45) is 0.956. The van der Waals surface area contributed by atoms with E-state index in [1.165, 1.54) is 6.92 Å². The second kappa shape index (κ2) is 6.74. The summed E-state index contributed by atoms with van der Waals surface area (Å²) in [5.41, 5.74) is 3.21. The van der Waals surface area contributed by atoms with Crippen LogP contribution in [0.15, 0.2) is 36.4 Å². The molecule has 0 saturated heterocycles. The van der Waals surface area contributed by atoms with E-state index in [1.807, 2.05) is 31.2 Å². The largest absolute Gasteiger partial charge is 0.454 e. The van der Waals surface area contributed by atoms with Crippen LogP contribution in [0.5, 0.6) is 11.5 Å². The molecule has 0 aliphatic carbocycles. The summed E-state index contributed by atoms with van der Waals surface area (Å²) in [4.78, 5) is 23.7. The van der Waals surface area contributed by atoms with Crippen molar-refractivity contribution in [1.29, 1.82) is 0 Å². The van der Waals surface area contributed by atoms with Gasteiger partial charge in [-0.15, -0.1) is 0 Å². The molecule has 3 rings (SSSR count). The van der Waals surface area contributed by atoms with Crippen molar-refractivity contribution in [3.8, 4) is 11.5 Å². The Kier molecular flexibility index (Phi) is 4.51. The highest BCUT2D eigenvalue weighted by Gasteiger charge is 2.14. The van der Waals surface area contributed by atoms with Gasteiger partial charge in [0.2, 0.25) is 12.7 Å². The number of hydrogen-bond acceptors (Lipinski definition) is 4. The third kappa shape index (κ3) is 3.56. The van der Waals surface area contributed by atoms with E-state index in [0.717, 1.165) is 22.6 Å². The van der Waals surface area contributed by atoms with Crippen molar-refractivity contribution >= 4 is 17.4 Å². The number of ether oxygens (including phenoxy) is 2. The molecule has 5 heteroatoms. The fraction of sp³-hybridized carbons (Fsp3) is 0.263. The number of hydrogen-bond donors (Lipinski definition) is 1. The van der Waals surface area contributed by atoms with E-state index >= 15 is 0 Å². The van der Waals surface area contributed by atoms with Gasteiger partial charge in [-0.2, -0.15) is 0 Å². The summed E-state index contributed by atoms with van der Waals surface area (Å²) in [6.45, 7) is 3.65. The van der Waals surface area contributed by atoms with E-state index in [-0.39, 0.29) is 18.5 Å². The van der Waals surface area contributed by atoms with E-state index in [4.69, 9.17) is 9.47 Å². The average Bonchev–Trinajstić information content (AvgIpc) is 3.02. The fourth-order valence-electron chi connectivity index (χ4n) is 2.54. The molecule has 0 spiro atoms. The predicted octanol–water partition coefficient (Wildman–Crippen LogP) is 3.50. The highest BCUT2D eigenvalue weighted by Crippen LogP contribution is 2.32. The number of Topliss-reactive ketones (excluding diaryl/α,β-unsaturated/α-hetero) is 1. The van der Waals surface area contributed by atoms with Crippen LogP contribution >= 0.6 is 0 Å². The Morgan fingerprint density at radius 3 is 2.67 bits per heavy atom. The Bertz CT molecular complexity index is 798. The minimum atomic E-state index is -0.0866. The van der Waals surface area contributed by atoms with Crippen molar-refractivity contribution in [3.05, 3.63) is 53.1 Å². The second-order valence-corrected chi connectivity index (χ2v) is 5.82. The van der Waals surface area contributed by atoms with Gasteiger partial charge >= 0.3 is 0 Å². The summed E-state index contributed by atoms with van der Waals surface area (Å²) < 4.78 is 10.6. The Morgan fingerprint density at radius 2 is 1.88 bits per heavy atom. The van der Waals surface area contributed by atoms with Crippen LogP contribution in [0.2, 0.25) is 0 Å². The highest BCUT2D eigenvalue weighted by molar-refractivity contribution is 5.97. The predicted molar refractivity (Wildman–Crippen MR) is 90.7 cm³/mol. The molecule has 1 amide bonds. The Hall–Kier alpha value is -2.82. The zero-order chi connectivity index (χ0) is 17.1. The van der Waals surface area contributed by atoms with Crippen LogP contribution in [-0.4, -0.2) is 18.5 Å². The number of rotatable bonds is 5. The van der Waals surface area contributed by atoms with Crippen LogP contribution in [0.1, 0.15) is 34.8 Å². The first-order valence-electron chi connectivity index (χ1n) is 7.83. The van der Waals surface area contributed by atoms with Gasteiger partial charge in [-0.1, -0.05) is 18.2 Å². The molecule has 0 saturated carbocycles. The van der Waals surface area contributed by atoms with Crippen LogP contribution in [-0.2, 0) is 11.2 Å². The molecule has 124 valence electrons. The second-order valence-electron chi connectivity index (χ2n) is 5.82. The van der Waals surface area contributed by atoms with Gasteiger partial charge in [-0.25, -0.2) is 0 Å². The van der Waals surface area contributed by atoms with Crippen molar-refractivity contribution in [3.63, 3.8) is 0 Å². The van der Waals surface area contributed by atoms with Gasteiger partial charge < -0.3 is 14.8 Å². The fourth-order valence-corrected chi connectivity index (χ4v) is 2.54. The maximum atomic E-state index is 12.2. The van der Waals surface area contributed by atoms with Gasteiger partial charge in [0.1, 0.15) is 0 Å². The van der Waals surface area contributed by atoms with Crippen molar-refractivity contribution in [1.82, 2.24) is 0 Å². The quantitative estimate of drug-likeness (QED) is 0.855. The number of benzene rings is 2. The van der Waals surface area contributed by atoms with Crippen molar-refractivity contribution in [2.75, 3.05) is 12.1 Å². The van der Waals surface area contributed by atoms with Gasteiger partial charge in [0.05, 0.1) is 0 Å². The van der Waals surface area contributed by atoms with Crippen LogP contribution in [0.25, 0.3) is 0 Å². The summed E-state index contributed by atoms with van der Waals surface area (Å²) in [6, 6.07) is 11.0. The van der Waals surface area contributed by atoms with E-state index in [2.05, 4.69) is 5.32 Å². The lowest BCUT2D eigenvalue weighted by molar-refractivity contribution is -0.116. The van der Waals surface area contributed by atoms with Gasteiger partial charge in [0, 0.05) is 17.7 Å². The molecule has 0 radical (unpaired) electrons. The molecule has 2 aromatic carbocycles. The van der Waals surface area contributed by atoms with Crippen LogP contribution < -0.4 is 14.8 Å². The third-order valence-corrected chi connectivity index (χ3v) is 4.00. The molecular formula is C19H19NO4. The van der Waals surface area contributed by atoms with Gasteiger partial charge in [-0.3, -0.25) is 9.59 Å². The number of fused-ring (bicyclic) bond motifs is 1. The molecule has 24 heavy (non-hydrogen) atoms. The Labute approximate surface area is 140 Å². The Morgan fingerprint density at radius 1 is 1.08 bits per heavy atom. The SMILES string of the molecule is CC(=O)c1ccc(C)c(NC(=O)CCc2ccc3c(c2)OCO3)c1. The van der Waals surface area contributed by atoms with E-state index in [9.17, 15) is 9.59 Å². The number of aryl methyl sites for hydroxylation is 2. The van der Waals surface area contributed by atoms with E-state index < -0.39 is 0 Å². The topological polar surface area (TPSA) is 64.6 Å². The molecule has 0 unspecified atom stereocenters. The van der Waals surface area contributed by atoms with Crippen LogP contribution in [0.4, 0.5) is 5.69 Å². The van der Waals surface area contributed by atoms with E-state index in [0.29, 0.717) is 24.1 Å². The number of ketones is 1. The zero-order valence-corrected chi connectivity index (χ0v) is 13.7. The third-order valence-electron chi connectivity index (χ3n) is 4.00. The monoisotopic (exact) mass is 325 g/mol. The molecule has 0 aromatic heterocycles. The van der Waals surface area contributed by atoms with Crippen LogP contribution in [0, 0.1) is 6.92 Å². The lowest BCUT2D eigenvalue weighted by atomic mass is 10.1. The average molecular weight is 325 g/mol. The minimum Gasteiger partial charge on any atom is -0.454 e. The summed E-state index contributed by atoms with van der Waals surface area (Å²) >= 11 is 0. The summed E-state index contributed by atoms with van der Waals surface area (Å²) in [7, 11) is 0. The van der Waals surface area contributed by atoms with Crippen molar-refractivity contribution in [2.45, 2.75) is 26.7 Å². The van der Waals surface area contributed by atoms with Gasteiger partial charge in [-0.05, 0) is 49.6 Å². The van der Waals surface area contributed by atoms with Crippen LogP contribution in [0.3, 0.4) is 0 Å². The molecule has 1 heterocycles. The number of nitrogens with one attached hydrogen (secondary N) is 1. The first-order valence-corrected chi connectivity index (χ1v) is 7.83.